The molecule has 6 nitrogen and oxygen atoms in total. The fraction of sp³-hybridized carbons (Fsp3) is 0.214. The fourth-order valence-electron chi connectivity index (χ4n) is 1.95. The lowest BCUT2D eigenvalue weighted by molar-refractivity contribution is 0.0697. The lowest BCUT2D eigenvalue weighted by Gasteiger charge is -2.19. The SMILES string of the molecule is Cc1c(C(=O)N(C)c2ccccc2C(=O)O)cnn1C. The topological polar surface area (TPSA) is 75.4 Å². The Kier molecular flexibility index (Phi) is 3.56. The van der Waals surface area contributed by atoms with Gasteiger partial charge in [-0.25, -0.2) is 4.79 Å². The minimum Gasteiger partial charge on any atom is -0.478 e. The average Bonchev–Trinajstić information content (AvgIpc) is 2.77. The van der Waals surface area contributed by atoms with Crippen LogP contribution < -0.4 is 4.90 Å². The first-order valence-electron chi connectivity index (χ1n) is 6.02. The molecule has 20 heavy (non-hydrogen) atoms. The molecule has 1 N–H and O–H groups in total. The Morgan fingerprint density at radius 2 is 1.90 bits per heavy atom. The van der Waals surface area contributed by atoms with Gasteiger partial charge in [0.15, 0.2) is 0 Å². The second kappa shape index (κ2) is 5.16. The Morgan fingerprint density at radius 3 is 2.45 bits per heavy atom. The maximum absolute atomic E-state index is 12.4. The monoisotopic (exact) mass is 273 g/mol. The van der Waals surface area contributed by atoms with Gasteiger partial charge < -0.3 is 10.0 Å². The van der Waals surface area contributed by atoms with Crippen molar-refractivity contribution in [3.63, 3.8) is 0 Å². The number of amides is 1. The molecule has 0 radical (unpaired) electrons. The van der Waals surface area contributed by atoms with Gasteiger partial charge in [0.05, 0.1) is 23.0 Å². The minimum absolute atomic E-state index is 0.0879. The highest BCUT2D eigenvalue weighted by molar-refractivity contribution is 6.09. The van der Waals surface area contributed by atoms with Gasteiger partial charge in [-0.2, -0.15) is 5.10 Å². The normalized spacial score (nSPS) is 10.3. The number of hydrogen-bond acceptors (Lipinski definition) is 3. The van der Waals surface area contributed by atoms with Crippen molar-refractivity contribution in [2.75, 3.05) is 11.9 Å². The third-order valence-corrected chi connectivity index (χ3v) is 3.27. The molecule has 6 heteroatoms. The van der Waals surface area contributed by atoms with Gasteiger partial charge in [-0.1, -0.05) is 12.1 Å². The standard InChI is InChI=1S/C14H15N3O3/c1-9-11(8-15-17(9)3)13(18)16(2)12-7-5-4-6-10(12)14(19)20/h4-8H,1-3H3,(H,19,20). The molecule has 2 rings (SSSR count). The van der Waals surface area contributed by atoms with Crippen LogP contribution in [0.15, 0.2) is 30.5 Å². The first-order chi connectivity index (χ1) is 9.43. The predicted molar refractivity (Wildman–Crippen MR) is 74.1 cm³/mol. The maximum atomic E-state index is 12.4. The van der Waals surface area contributed by atoms with E-state index in [2.05, 4.69) is 5.10 Å². The van der Waals surface area contributed by atoms with Gasteiger partial charge in [-0.15, -0.1) is 0 Å². The summed E-state index contributed by atoms with van der Waals surface area (Å²) in [7, 11) is 3.30. The Hall–Kier alpha value is -2.63. The average molecular weight is 273 g/mol. The summed E-state index contributed by atoms with van der Waals surface area (Å²) < 4.78 is 1.60. The van der Waals surface area contributed by atoms with Crippen molar-refractivity contribution in [1.29, 1.82) is 0 Å². The summed E-state index contributed by atoms with van der Waals surface area (Å²) in [5.74, 6) is -1.35. The molecule has 1 aromatic carbocycles. The number of carbonyl (C=O) groups excluding carboxylic acids is 1. The molecule has 0 atom stereocenters. The van der Waals surface area contributed by atoms with E-state index in [9.17, 15) is 14.7 Å². The molecule has 0 unspecified atom stereocenters. The van der Waals surface area contributed by atoms with Crippen molar-refractivity contribution in [1.82, 2.24) is 9.78 Å². The second-order valence-electron chi connectivity index (χ2n) is 4.45. The van der Waals surface area contributed by atoms with Crippen LogP contribution in [0.5, 0.6) is 0 Å². The van der Waals surface area contributed by atoms with E-state index in [0.717, 1.165) is 5.69 Å². The summed E-state index contributed by atoms with van der Waals surface area (Å²) in [6, 6.07) is 6.40. The molecule has 0 fully saturated rings. The van der Waals surface area contributed by atoms with E-state index in [1.54, 1.807) is 43.9 Å². The second-order valence-corrected chi connectivity index (χ2v) is 4.45. The number of carbonyl (C=O) groups is 2. The lowest BCUT2D eigenvalue weighted by atomic mass is 10.1. The zero-order chi connectivity index (χ0) is 14.9. The smallest absolute Gasteiger partial charge is 0.337 e. The highest BCUT2D eigenvalue weighted by Crippen LogP contribution is 2.21. The van der Waals surface area contributed by atoms with E-state index >= 15 is 0 Å². The van der Waals surface area contributed by atoms with E-state index in [4.69, 9.17) is 0 Å². The zero-order valence-electron chi connectivity index (χ0n) is 11.5. The third-order valence-electron chi connectivity index (χ3n) is 3.27. The minimum atomic E-state index is -1.07. The fourth-order valence-corrected chi connectivity index (χ4v) is 1.95. The number of aromatic carboxylic acids is 1. The Balaban J connectivity index is 2.42. The van der Waals surface area contributed by atoms with Gasteiger partial charge in [0.25, 0.3) is 5.91 Å². The van der Waals surface area contributed by atoms with Crippen molar-refractivity contribution in [3.8, 4) is 0 Å². The molecule has 0 spiro atoms. The van der Waals surface area contributed by atoms with Gasteiger partial charge >= 0.3 is 5.97 Å². The highest BCUT2D eigenvalue weighted by Gasteiger charge is 2.21. The zero-order valence-corrected chi connectivity index (χ0v) is 11.5. The molecule has 1 aromatic heterocycles. The number of nitrogens with zero attached hydrogens (tertiary/aromatic N) is 3. The molecule has 104 valence electrons. The number of carboxylic acids is 1. The first kappa shape index (κ1) is 13.8. The maximum Gasteiger partial charge on any atom is 0.337 e. The summed E-state index contributed by atoms with van der Waals surface area (Å²) >= 11 is 0. The number of hydrogen-bond donors (Lipinski definition) is 1. The van der Waals surface area contributed by atoms with Crippen molar-refractivity contribution in [2.45, 2.75) is 6.92 Å². The van der Waals surface area contributed by atoms with E-state index in [0.29, 0.717) is 11.3 Å². The summed E-state index contributed by atoms with van der Waals surface area (Å²) in [6.45, 7) is 1.79. The number of carboxylic acid groups (broad SMARTS) is 1. The Bertz CT molecular complexity index is 676. The third kappa shape index (κ3) is 2.27. The molecule has 2 aromatic rings. The van der Waals surface area contributed by atoms with Gasteiger partial charge in [-0.3, -0.25) is 9.48 Å². The molecular weight excluding hydrogens is 258 g/mol. The van der Waals surface area contributed by atoms with Crippen LogP contribution in [0, 0.1) is 6.92 Å². The van der Waals surface area contributed by atoms with Crippen LogP contribution in [0.1, 0.15) is 26.4 Å². The molecule has 0 aliphatic rings. The summed E-state index contributed by atoms with van der Waals surface area (Å²) in [5.41, 5.74) is 1.63. The van der Waals surface area contributed by atoms with Crippen LogP contribution in [0.4, 0.5) is 5.69 Å². The van der Waals surface area contributed by atoms with Crippen LogP contribution in [-0.4, -0.2) is 33.8 Å². The molecule has 0 saturated heterocycles. The summed E-state index contributed by atoms with van der Waals surface area (Å²) in [6.07, 6.45) is 1.48. The van der Waals surface area contributed by atoms with Crippen LogP contribution in [0.25, 0.3) is 0 Å². The van der Waals surface area contributed by atoms with Crippen molar-refractivity contribution < 1.29 is 14.7 Å². The lowest BCUT2D eigenvalue weighted by Crippen LogP contribution is -2.28. The Labute approximate surface area is 116 Å². The van der Waals surface area contributed by atoms with E-state index < -0.39 is 5.97 Å². The van der Waals surface area contributed by atoms with Crippen LogP contribution in [0.2, 0.25) is 0 Å². The van der Waals surface area contributed by atoms with Gasteiger partial charge in [0.1, 0.15) is 0 Å². The number of para-hydroxylation sites is 1. The summed E-state index contributed by atoms with van der Waals surface area (Å²) in [4.78, 5) is 25.0. The highest BCUT2D eigenvalue weighted by atomic mass is 16.4. The van der Waals surface area contributed by atoms with Gasteiger partial charge in [0, 0.05) is 19.8 Å². The van der Waals surface area contributed by atoms with Crippen LogP contribution in [-0.2, 0) is 7.05 Å². The molecule has 0 aliphatic heterocycles. The van der Waals surface area contributed by atoms with E-state index in [1.807, 2.05) is 0 Å². The van der Waals surface area contributed by atoms with Gasteiger partial charge in [-0.05, 0) is 19.1 Å². The van der Waals surface area contributed by atoms with E-state index in [1.165, 1.54) is 17.2 Å². The molecular formula is C14H15N3O3. The number of anilines is 1. The molecule has 0 bridgehead atoms. The predicted octanol–water partition coefficient (Wildman–Crippen LogP) is 1.70. The first-order valence-corrected chi connectivity index (χ1v) is 6.02. The molecule has 0 saturated carbocycles. The van der Waals surface area contributed by atoms with E-state index in [-0.39, 0.29) is 11.5 Å². The number of rotatable bonds is 3. The van der Waals surface area contributed by atoms with Crippen LogP contribution in [0.3, 0.4) is 0 Å². The quantitative estimate of drug-likeness (QED) is 0.923. The largest absolute Gasteiger partial charge is 0.478 e. The number of benzene rings is 1. The molecule has 1 heterocycles. The Morgan fingerprint density at radius 1 is 1.25 bits per heavy atom. The van der Waals surface area contributed by atoms with Crippen molar-refractivity contribution in [3.05, 3.63) is 47.3 Å². The molecule has 1 amide bonds. The number of aromatic nitrogens is 2. The van der Waals surface area contributed by atoms with Gasteiger partial charge in [0.2, 0.25) is 0 Å². The molecule has 0 aliphatic carbocycles. The number of aryl methyl sites for hydroxylation is 1. The van der Waals surface area contributed by atoms with Crippen LogP contribution >= 0.6 is 0 Å². The van der Waals surface area contributed by atoms with Crippen molar-refractivity contribution >= 4 is 17.6 Å². The summed E-state index contributed by atoms with van der Waals surface area (Å²) in [5, 5.41) is 13.2. The van der Waals surface area contributed by atoms with Crippen molar-refractivity contribution in [2.24, 2.45) is 7.05 Å².